The minimum atomic E-state index is -0.977. The molecule has 0 N–H and O–H groups in total. The molecule has 19 heavy (non-hydrogen) atoms. The Morgan fingerprint density at radius 3 is 2.95 bits per heavy atom. The summed E-state index contributed by atoms with van der Waals surface area (Å²) in [4.78, 5) is 0. The fourth-order valence-electron chi connectivity index (χ4n) is 2.80. The van der Waals surface area contributed by atoms with Crippen LogP contribution < -0.4 is 0 Å². The van der Waals surface area contributed by atoms with Gasteiger partial charge in [-0.3, -0.25) is 4.74 Å². The van der Waals surface area contributed by atoms with Gasteiger partial charge >= 0.3 is 0 Å². The highest BCUT2D eigenvalue weighted by Gasteiger charge is 2.60. The minimum absolute atomic E-state index is 0.122. The minimum Gasteiger partial charge on any atom is -0.368 e. The number of rotatable bonds is 3. The molecule has 5 heteroatoms. The first kappa shape index (κ1) is 11.8. The Balaban J connectivity index is 1.48. The van der Waals surface area contributed by atoms with Crippen molar-refractivity contribution >= 4 is 0 Å². The molecule has 4 saturated heterocycles. The summed E-state index contributed by atoms with van der Waals surface area (Å²) in [7, 11) is 0. The molecule has 102 valence electrons. The van der Waals surface area contributed by atoms with Gasteiger partial charge in [-0.2, -0.15) is 0 Å². The Morgan fingerprint density at radius 2 is 2.11 bits per heavy atom. The molecular formula is C14H16O5. The monoisotopic (exact) mass is 264 g/mol. The molecule has 1 aromatic carbocycles. The van der Waals surface area contributed by atoms with Crippen LogP contribution >= 0.6 is 0 Å². The first-order valence-electron chi connectivity index (χ1n) is 6.54. The van der Waals surface area contributed by atoms with Crippen molar-refractivity contribution in [3.8, 4) is 0 Å². The summed E-state index contributed by atoms with van der Waals surface area (Å²) >= 11 is 0. The zero-order chi connectivity index (χ0) is 12.9. The first-order chi connectivity index (χ1) is 9.23. The molecule has 4 aliphatic heterocycles. The van der Waals surface area contributed by atoms with E-state index in [9.17, 15) is 0 Å². The zero-order valence-electron chi connectivity index (χ0n) is 10.7. The van der Waals surface area contributed by atoms with E-state index in [1.54, 1.807) is 6.92 Å². The van der Waals surface area contributed by atoms with Gasteiger partial charge < -0.3 is 18.9 Å². The lowest BCUT2D eigenvalue weighted by molar-refractivity contribution is -0.325. The van der Waals surface area contributed by atoms with Gasteiger partial charge in [-0.05, 0) is 5.56 Å². The lowest BCUT2D eigenvalue weighted by atomic mass is 10.1. The third kappa shape index (κ3) is 1.98. The summed E-state index contributed by atoms with van der Waals surface area (Å²) in [6.45, 7) is 2.74. The van der Waals surface area contributed by atoms with Crippen molar-refractivity contribution in [1.29, 1.82) is 0 Å². The molecule has 5 rings (SSSR count). The van der Waals surface area contributed by atoms with E-state index >= 15 is 0 Å². The fourth-order valence-corrected chi connectivity index (χ4v) is 2.80. The van der Waals surface area contributed by atoms with Gasteiger partial charge in [0.2, 0.25) is 0 Å². The average molecular weight is 264 g/mol. The number of hydrogen-bond donors (Lipinski definition) is 0. The van der Waals surface area contributed by atoms with Crippen LogP contribution in [0.2, 0.25) is 0 Å². The van der Waals surface area contributed by atoms with Crippen molar-refractivity contribution in [2.45, 2.75) is 44.1 Å². The molecule has 4 fully saturated rings. The highest BCUT2D eigenvalue weighted by atomic mass is 17.0. The van der Waals surface area contributed by atoms with Crippen LogP contribution in [0.25, 0.3) is 0 Å². The van der Waals surface area contributed by atoms with Gasteiger partial charge in [-0.25, -0.2) is 0 Å². The van der Waals surface area contributed by atoms with Crippen LogP contribution in [-0.4, -0.2) is 37.2 Å². The first-order valence-corrected chi connectivity index (χ1v) is 6.54. The van der Waals surface area contributed by atoms with Crippen LogP contribution in [0.15, 0.2) is 30.3 Å². The van der Waals surface area contributed by atoms with Crippen molar-refractivity contribution < 1.29 is 23.7 Å². The van der Waals surface area contributed by atoms with Gasteiger partial charge in [0, 0.05) is 6.92 Å². The van der Waals surface area contributed by atoms with Gasteiger partial charge in [0.05, 0.1) is 13.2 Å². The van der Waals surface area contributed by atoms with Crippen molar-refractivity contribution in [2.24, 2.45) is 0 Å². The summed E-state index contributed by atoms with van der Waals surface area (Å²) in [6, 6.07) is 10.1. The molecule has 0 aliphatic carbocycles. The Hall–Kier alpha value is -0.980. The third-order valence-corrected chi connectivity index (χ3v) is 3.74. The lowest BCUT2D eigenvalue weighted by Gasteiger charge is -2.19. The molecule has 0 unspecified atom stereocenters. The van der Waals surface area contributed by atoms with E-state index < -0.39 is 5.97 Å². The molecule has 4 aliphatic rings. The lowest BCUT2D eigenvalue weighted by Crippen LogP contribution is -2.35. The van der Waals surface area contributed by atoms with Crippen LogP contribution in [0.1, 0.15) is 12.5 Å². The highest BCUT2D eigenvalue weighted by molar-refractivity contribution is 5.13. The Bertz CT molecular complexity index is 464. The van der Waals surface area contributed by atoms with E-state index in [1.807, 2.05) is 30.3 Å². The molecule has 0 amide bonds. The molecule has 0 saturated carbocycles. The fraction of sp³-hybridized carbons (Fsp3) is 0.571. The second-order valence-electron chi connectivity index (χ2n) is 5.18. The van der Waals surface area contributed by atoms with Gasteiger partial charge in [0.15, 0.2) is 6.29 Å². The van der Waals surface area contributed by atoms with E-state index in [0.717, 1.165) is 5.56 Å². The van der Waals surface area contributed by atoms with Crippen molar-refractivity contribution in [2.75, 3.05) is 6.61 Å². The molecular weight excluding hydrogens is 248 g/mol. The summed E-state index contributed by atoms with van der Waals surface area (Å²) in [5.41, 5.74) is 1.13. The topological polar surface area (TPSA) is 46.2 Å². The van der Waals surface area contributed by atoms with Crippen molar-refractivity contribution in [3.63, 3.8) is 0 Å². The number of hydrogen-bond acceptors (Lipinski definition) is 5. The molecule has 0 aromatic heterocycles. The smallest absolute Gasteiger partial charge is 0.282 e. The Labute approximate surface area is 111 Å². The van der Waals surface area contributed by atoms with E-state index in [1.165, 1.54) is 0 Å². The quantitative estimate of drug-likeness (QED) is 0.826. The van der Waals surface area contributed by atoms with Crippen molar-refractivity contribution in [1.82, 2.24) is 0 Å². The van der Waals surface area contributed by atoms with Crippen molar-refractivity contribution in [3.05, 3.63) is 35.9 Å². The molecule has 0 radical (unpaired) electrons. The SMILES string of the molecule is C[C@@]12OC[C@H]3O[C@@H](O1)[C@@H](O2)[C@@H]3OCc1ccccc1. The molecule has 5 atom stereocenters. The maximum atomic E-state index is 5.97. The highest BCUT2D eigenvalue weighted by Crippen LogP contribution is 2.43. The summed E-state index contributed by atoms with van der Waals surface area (Å²) < 4.78 is 28.7. The Morgan fingerprint density at radius 1 is 1.26 bits per heavy atom. The second kappa shape index (κ2) is 4.26. The predicted octanol–water partition coefficient (Wildman–Crippen LogP) is 1.42. The third-order valence-electron chi connectivity index (χ3n) is 3.74. The molecule has 4 heterocycles. The molecule has 0 spiro atoms. The van der Waals surface area contributed by atoms with Crippen LogP contribution in [0.5, 0.6) is 0 Å². The van der Waals surface area contributed by atoms with E-state index in [0.29, 0.717) is 13.2 Å². The van der Waals surface area contributed by atoms with Crippen LogP contribution in [-0.2, 0) is 30.3 Å². The van der Waals surface area contributed by atoms with Crippen LogP contribution in [0.3, 0.4) is 0 Å². The second-order valence-corrected chi connectivity index (χ2v) is 5.18. The predicted molar refractivity (Wildman–Crippen MR) is 64.0 cm³/mol. The maximum Gasteiger partial charge on any atom is 0.282 e. The van der Waals surface area contributed by atoms with Gasteiger partial charge in [-0.15, -0.1) is 0 Å². The van der Waals surface area contributed by atoms with Crippen LogP contribution in [0.4, 0.5) is 0 Å². The Kier molecular flexibility index (Phi) is 2.65. The van der Waals surface area contributed by atoms with Gasteiger partial charge in [-0.1, -0.05) is 30.3 Å². The van der Waals surface area contributed by atoms with Gasteiger partial charge in [0.25, 0.3) is 5.97 Å². The van der Waals surface area contributed by atoms with E-state index in [-0.39, 0.29) is 24.6 Å². The van der Waals surface area contributed by atoms with Crippen LogP contribution in [0, 0.1) is 0 Å². The largest absolute Gasteiger partial charge is 0.368 e. The molecule has 4 bridgehead atoms. The zero-order valence-corrected chi connectivity index (χ0v) is 10.7. The molecule has 5 nitrogen and oxygen atoms in total. The normalized spacial score (nSPS) is 43.6. The number of benzene rings is 1. The van der Waals surface area contributed by atoms with E-state index in [2.05, 4.69) is 0 Å². The van der Waals surface area contributed by atoms with E-state index in [4.69, 9.17) is 23.7 Å². The summed E-state index contributed by atoms with van der Waals surface area (Å²) in [5, 5.41) is 0. The maximum absolute atomic E-state index is 5.97. The standard InChI is InChI=1S/C14H16O5/c1-14-16-8-10-11(12(18-14)13(17-10)19-14)15-7-9-5-3-2-4-6-9/h2-6,10-13H,7-8H2,1H3/t10-,11-,12+,13+,14+/m1/s1. The average Bonchev–Trinajstić information content (AvgIpc) is 2.76. The van der Waals surface area contributed by atoms with Gasteiger partial charge in [0.1, 0.15) is 18.3 Å². The number of ether oxygens (including phenoxy) is 5. The number of fused-ring (bicyclic) bond motifs is 1. The summed E-state index contributed by atoms with van der Waals surface area (Å²) in [5.74, 6) is -0.977. The summed E-state index contributed by atoms with van der Waals surface area (Å²) in [6.07, 6.45) is -0.850. The molecule has 1 aromatic rings.